The Labute approximate surface area is 225 Å². The number of hydrogen-bond acceptors (Lipinski definition) is 6. The van der Waals surface area contributed by atoms with Gasteiger partial charge in [0.1, 0.15) is 0 Å². The average molecular weight is 606 g/mol. The summed E-state index contributed by atoms with van der Waals surface area (Å²) in [6, 6.07) is 18.9. The number of nitrogens with one attached hydrogen (secondary N) is 2. The van der Waals surface area contributed by atoms with Crippen LogP contribution < -0.4 is 22.1 Å². The molecule has 0 bridgehead atoms. The van der Waals surface area contributed by atoms with E-state index in [4.69, 9.17) is 11.5 Å². The molecule has 180 valence electrons. The third-order valence-electron chi connectivity index (χ3n) is 6.20. The van der Waals surface area contributed by atoms with E-state index in [1.807, 2.05) is 62.4 Å². The minimum Gasteiger partial charge on any atom is -0.397 e. The Bertz CT molecular complexity index is 1450. The SMILES string of the molecule is Cc1ccc(Nc2cc(Br)c(N)c3c2C(=O)c2c(Nc4ccc(C)cc4)cc(Br)c(N)c2C3=O)cc1. The molecule has 0 atom stereocenters. The van der Waals surface area contributed by atoms with Crippen LogP contribution in [0.15, 0.2) is 69.6 Å². The van der Waals surface area contributed by atoms with Gasteiger partial charge in [0, 0.05) is 20.3 Å². The van der Waals surface area contributed by atoms with Crippen molar-refractivity contribution in [2.75, 3.05) is 22.1 Å². The van der Waals surface area contributed by atoms with Crippen LogP contribution in [0.25, 0.3) is 0 Å². The summed E-state index contributed by atoms with van der Waals surface area (Å²) in [5, 5.41) is 6.58. The molecule has 8 heteroatoms. The highest BCUT2D eigenvalue weighted by atomic mass is 79.9. The fraction of sp³-hybridized carbons (Fsp3) is 0.0714. The van der Waals surface area contributed by atoms with Crippen LogP contribution in [0.5, 0.6) is 0 Å². The zero-order chi connectivity index (χ0) is 25.7. The summed E-state index contributed by atoms with van der Waals surface area (Å²) >= 11 is 6.91. The van der Waals surface area contributed by atoms with Crippen LogP contribution >= 0.6 is 31.9 Å². The number of carbonyl (C=O) groups is 2. The predicted octanol–water partition coefficient (Wildman–Crippen LogP) is 7.26. The molecule has 0 spiro atoms. The van der Waals surface area contributed by atoms with Gasteiger partial charge in [-0.15, -0.1) is 0 Å². The molecule has 0 heterocycles. The molecule has 1 aliphatic rings. The van der Waals surface area contributed by atoms with Gasteiger partial charge in [0.2, 0.25) is 0 Å². The maximum atomic E-state index is 14.1. The van der Waals surface area contributed by atoms with Gasteiger partial charge in [-0.05, 0) is 82.1 Å². The molecule has 0 aliphatic heterocycles. The van der Waals surface area contributed by atoms with Crippen LogP contribution in [0.3, 0.4) is 0 Å². The van der Waals surface area contributed by atoms with E-state index < -0.39 is 5.78 Å². The quantitative estimate of drug-likeness (QED) is 0.161. The number of aryl methyl sites for hydroxylation is 2. The molecule has 4 aromatic rings. The molecule has 0 radical (unpaired) electrons. The van der Waals surface area contributed by atoms with Gasteiger partial charge >= 0.3 is 0 Å². The smallest absolute Gasteiger partial charge is 0.198 e. The third-order valence-corrected chi connectivity index (χ3v) is 7.52. The van der Waals surface area contributed by atoms with Crippen molar-refractivity contribution in [1.82, 2.24) is 0 Å². The van der Waals surface area contributed by atoms with Crippen molar-refractivity contribution < 1.29 is 9.59 Å². The first kappa shape index (κ1) is 24.1. The zero-order valence-electron chi connectivity index (χ0n) is 19.5. The lowest BCUT2D eigenvalue weighted by Crippen LogP contribution is -2.26. The fourth-order valence-corrected chi connectivity index (χ4v) is 5.16. The van der Waals surface area contributed by atoms with Crippen LogP contribution in [0.2, 0.25) is 0 Å². The Hall–Kier alpha value is -3.62. The topological polar surface area (TPSA) is 110 Å². The van der Waals surface area contributed by atoms with E-state index in [2.05, 4.69) is 42.5 Å². The van der Waals surface area contributed by atoms with E-state index >= 15 is 0 Å². The minimum absolute atomic E-state index is 0.127. The van der Waals surface area contributed by atoms with Gasteiger partial charge < -0.3 is 22.1 Å². The van der Waals surface area contributed by atoms with E-state index in [9.17, 15) is 9.59 Å². The van der Waals surface area contributed by atoms with Gasteiger partial charge in [0.25, 0.3) is 0 Å². The second kappa shape index (κ2) is 9.11. The van der Waals surface area contributed by atoms with Crippen LogP contribution in [0, 0.1) is 13.8 Å². The Morgan fingerprint density at radius 2 is 0.917 bits per heavy atom. The van der Waals surface area contributed by atoms with Crippen molar-refractivity contribution in [3.8, 4) is 0 Å². The number of fused-ring (bicyclic) bond motifs is 2. The first-order valence-electron chi connectivity index (χ1n) is 11.2. The van der Waals surface area contributed by atoms with E-state index in [1.165, 1.54) is 0 Å². The zero-order valence-corrected chi connectivity index (χ0v) is 22.7. The normalized spacial score (nSPS) is 12.2. The Morgan fingerprint density at radius 1 is 0.583 bits per heavy atom. The van der Waals surface area contributed by atoms with Gasteiger partial charge in [-0.3, -0.25) is 9.59 Å². The molecular formula is C28H22Br2N4O2. The lowest BCUT2D eigenvalue weighted by atomic mass is 9.80. The highest BCUT2D eigenvalue weighted by Crippen LogP contribution is 2.45. The molecule has 0 aromatic heterocycles. The number of halogens is 2. The Morgan fingerprint density at radius 3 is 1.28 bits per heavy atom. The number of nitrogen functional groups attached to an aromatic ring is 2. The number of nitrogens with two attached hydrogens (primary N) is 2. The monoisotopic (exact) mass is 604 g/mol. The molecule has 36 heavy (non-hydrogen) atoms. The molecule has 1 aliphatic carbocycles. The largest absolute Gasteiger partial charge is 0.397 e. The minimum atomic E-state index is -0.406. The van der Waals surface area contributed by atoms with Crippen LogP contribution in [-0.2, 0) is 0 Å². The number of rotatable bonds is 4. The summed E-state index contributed by atoms with van der Waals surface area (Å²) in [4.78, 5) is 28.0. The maximum absolute atomic E-state index is 14.1. The van der Waals surface area contributed by atoms with Crippen molar-refractivity contribution in [1.29, 1.82) is 0 Å². The number of carbonyl (C=O) groups excluding carboxylic acids is 2. The van der Waals surface area contributed by atoms with Crippen molar-refractivity contribution in [2.24, 2.45) is 0 Å². The first-order valence-corrected chi connectivity index (χ1v) is 12.7. The van der Waals surface area contributed by atoms with Gasteiger partial charge in [-0.25, -0.2) is 0 Å². The fourth-order valence-electron chi connectivity index (χ4n) is 4.31. The maximum Gasteiger partial charge on any atom is 0.198 e. The average Bonchev–Trinajstić information content (AvgIpc) is 2.84. The molecule has 0 amide bonds. The molecule has 6 nitrogen and oxygen atoms in total. The highest BCUT2D eigenvalue weighted by Gasteiger charge is 2.38. The molecule has 0 unspecified atom stereocenters. The lowest BCUT2D eigenvalue weighted by Gasteiger charge is -2.26. The second-order valence-corrected chi connectivity index (χ2v) is 10.5. The Balaban J connectivity index is 1.71. The lowest BCUT2D eigenvalue weighted by molar-refractivity contribution is 0.0981. The van der Waals surface area contributed by atoms with Crippen molar-refractivity contribution >= 4 is 77.6 Å². The standard InChI is InChI=1S/C28H22Br2N4O2/c1-13-3-7-15(8-4-13)33-19-11-17(29)25(31)23-21(19)27(35)22-20(34-16-9-5-14(2)6-10-16)12-18(30)26(32)24(22)28(23)36/h3-12,33-34H,31-32H2,1-2H3. The third kappa shape index (κ3) is 4.06. The number of benzene rings is 4. The molecule has 0 fully saturated rings. The first-order chi connectivity index (χ1) is 17.2. The van der Waals surface area contributed by atoms with Crippen molar-refractivity contribution in [2.45, 2.75) is 13.8 Å². The number of ketones is 2. The number of anilines is 6. The summed E-state index contributed by atoms with van der Waals surface area (Å²) in [5.41, 5.74) is 18.5. The van der Waals surface area contributed by atoms with Crippen LogP contribution in [0.1, 0.15) is 43.0 Å². The van der Waals surface area contributed by atoms with Gasteiger partial charge in [-0.2, -0.15) is 0 Å². The Kier molecular flexibility index (Phi) is 6.10. The molecule has 0 saturated heterocycles. The summed E-state index contributed by atoms with van der Waals surface area (Å²) < 4.78 is 1.01. The van der Waals surface area contributed by atoms with E-state index in [-0.39, 0.29) is 39.4 Å². The van der Waals surface area contributed by atoms with Gasteiger partial charge in [0.05, 0.1) is 45.0 Å². The summed E-state index contributed by atoms with van der Waals surface area (Å²) in [7, 11) is 0. The predicted molar refractivity (Wildman–Crippen MR) is 153 cm³/mol. The van der Waals surface area contributed by atoms with Crippen LogP contribution in [-0.4, -0.2) is 11.6 Å². The summed E-state index contributed by atoms with van der Waals surface area (Å²) in [6.45, 7) is 3.99. The molecule has 0 saturated carbocycles. The summed E-state index contributed by atoms with van der Waals surface area (Å²) in [6.07, 6.45) is 0. The van der Waals surface area contributed by atoms with E-state index in [0.717, 1.165) is 22.5 Å². The number of hydrogen-bond donors (Lipinski definition) is 4. The highest BCUT2D eigenvalue weighted by molar-refractivity contribution is 9.11. The molecule has 4 aromatic carbocycles. The van der Waals surface area contributed by atoms with Crippen molar-refractivity contribution in [3.05, 3.63) is 103 Å². The van der Waals surface area contributed by atoms with Crippen molar-refractivity contribution in [3.63, 3.8) is 0 Å². The molecular weight excluding hydrogens is 584 g/mol. The molecule has 6 N–H and O–H groups in total. The van der Waals surface area contributed by atoms with E-state index in [0.29, 0.717) is 20.3 Å². The van der Waals surface area contributed by atoms with Gasteiger partial charge in [-0.1, -0.05) is 35.4 Å². The van der Waals surface area contributed by atoms with Gasteiger partial charge in [0.15, 0.2) is 11.6 Å². The summed E-state index contributed by atoms with van der Waals surface area (Å²) in [5.74, 6) is -0.752. The van der Waals surface area contributed by atoms with Crippen LogP contribution in [0.4, 0.5) is 34.1 Å². The van der Waals surface area contributed by atoms with E-state index in [1.54, 1.807) is 12.1 Å². The molecule has 5 rings (SSSR count). The second-order valence-electron chi connectivity index (χ2n) is 8.78.